The van der Waals surface area contributed by atoms with Crippen LogP contribution >= 0.6 is 0 Å². The zero-order valence-electron chi connectivity index (χ0n) is 8.33. The summed E-state index contributed by atoms with van der Waals surface area (Å²) >= 11 is 0. The Hall–Kier alpha value is -1.07. The van der Waals surface area contributed by atoms with E-state index in [2.05, 4.69) is 0 Å². The second-order valence-corrected chi connectivity index (χ2v) is 4.72. The van der Waals surface area contributed by atoms with Gasteiger partial charge < -0.3 is 5.73 Å². The average Bonchev–Trinajstić information content (AvgIpc) is 2.06. The van der Waals surface area contributed by atoms with Gasteiger partial charge in [-0.05, 0) is 43.5 Å². The van der Waals surface area contributed by atoms with Gasteiger partial charge in [-0.15, -0.1) is 0 Å². The highest BCUT2D eigenvalue weighted by atomic mass is 32.2. The van der Waals surface area contributed by atoms with Crippen LogP contribution in [0.4, 0.5) is 5.69 Å². The first-order valence-corrected chi connectivity index (χ1v) is 5.53. The molecule has 0 saturated heterocycles. The summed E-state index contributed by atoms with van der Waals surface area (Å²) in [4.78, 5) is -0.210. The number of hydrogen-bond donors (Lipinski definition) is 2. The molecule has 4 nitrogen and oxygen atoms in total. The number of anilines is 1. The topological polar surface area (TPSA) is 80.4 Å². The lowest BCUT2D eigenvalue weighted by molar-refractivity contribution is 0.483. The Morgan fingerprint density at radius 1 is 1.21 bits per heavy atom. The predicted molar refractivity (Wildman–Crippen MR) is 54.9 cm³/mol. The van der Waals surface area contributed by atoms with E-state index in [1.54, 1.807) is 13.8 Å². The first-order chi connectivity index (χ1) is 6.25. The molecule has 14 heavy (non-hydrogen) atoms. The Labute approximate surface area is 83.5 Å². The van der Waals surface area contributed by atoms with Crippen LogP contribution in [0.15, 0.2) is 11.0 Å². The Morgan fingerprint density at radius 3 is 2.14 bits per heavy atom. The number of rotatable bonds is 1. The van der Waals surface area contributed by atoms with Crippen LogP contribution in [-0.2, 0) is 10.1 Å². The lowest BCUT2D eigenvalue weighted by Gasteiger charge is -2.11. The maximum Gasteiger partial charge on any atom is 0.296 e. The van der Waals surface area contributed by atoms with Crippen molar-refractivity contribution < 1.29 is 13.0 Å². The van der Waals surface area contributed by atoms with Gasteiger partial charge in [0.15, 0.2) is 0 Å². The number of nitrogen functional groups attached to an aromatic ring is 1. The van der Waals surface area contributed by atoms with Crippen LogP contribution in [0.5, 0.6) is 0 Å². The summed E-state index contributed by atoms with van der Waals surface area (Å²) < 4.78 is 30.8. The van der Waals surface area contributed by atoms with E-state index >= 15 is 0 Å². The molecule has 0 fully saturated rings. The fourth-order valence-corrected chi connectivity index (χ4v) is 2.04. The molecule has 0 radical (unpaired) electrons. The second kappa shape index (κ2) is 3.25. The Morgan fingerprint density at radius 2 is 1.71 bits per heavy atom. The van der Waals surface area contributed by atoms with Gasteiger partial charge in [0.1, 0.15) is 4.90 Å². The van der Waals surface area contributed by atoms with Crippen molar-refractivity contribution >= 4 is 15.8 Å². The third kappa shape index (κ3) is 1.73. The summed E-state index contributed by atoms with van der Waals surface area (Å²) in [6, 6.07) is 1.38. The third-order valence-corrected chi connectivity index (χ3v) is 3.34. The molecule has 78 valence electrons. The molecular formula is C9H13NO3S. The molecule has 1 rings (SSSR count). The molecular weight excluding hydrogens is 202 g/mol. The van der Waals surface area contributed by atoms with Gasteiger partial charge in [0.25, 0.3) is 10.1 Å². The molecule has 0 aliphatic carbocycles. The predicted octanol–water partition coefficient (Wildman–Crippen LogP) is 1.44. The molecule has 0 aliphatic rings. The van der Waals surface area contributed by atoms with Gasteiger partial charge >= 0.3 is 0 Å². The van der Waals surface area contributed by atoms with Crippen molar-refractivity contribution in [3.05, 3.63) is 22.8 Å². The number of aryl methyl sites for hydroxylation is 1. The lowest BCUT2D eigenvalue weighted by Crippen LogP contribution is -2.06. The van der Waals surface area contributed by atoms with Gasteiger partial charge in [-0.1, -0.05) is 0 Å². The summed E-state index contributed by atoms with van der Waals surface area (Å²) in [7, 11) is -4.22. The molecule has 1 aromatic carbocycles. The van der Waals surface area contributed by atoms with Gasteiger partial charge in [0.05, 0.1) is 5.69 Å². The zero-order valence-corrected chi connectivity index (χ0v) is 9.14. The van der Waals surface area contributed by atoms with Crippen LogP contribution in [-0.4, -0.2) is 13.0 Å². The summed E-state index contributed by atoms with van der Waals surface area (Å²) in [6.07, 6.45) is 0. The highest BCUT2D eigenvalue weighted by molar-refractivity contribution is 7.86. The Balaban J connectivity index is 3.66. The fourth-order valence-electron chi connectivity index (χ4n) is 1.28. The molecule has 5 heteroatoms. The van der Waals surface area contributed by atoms with E-state index < -0.39 is 10.1 Å². The first kappa shape index (κ1) is 11.0. The Bertz CT molecular complexity index is 477. The van der Waals surface area contributed by atoms with E-state index in [9.17, 15) is 8.42 Å². The van der Waals surface area contributed by atoms with Gasteiger partial charge in [0, 0.05) is 0 Å². The molecule has 0 aromatic heterocycles. The Kier molecular flexibility index (Phi) is 2.56. The van der Waals surface area contributed by atoms with Gasteiger partial charge in [-0.2, -0.15) is 8.42 Å². The molecule has 0 aliphatic heterocycles. The summed E-state index contributed by atoms with van der Waals surface area (Å²) in [5, 5.41) is 0. The monoisotopic (exact) mass is 215 g/mol. The van der Waals surface area contributed by atoms with Crippen LogP contribution in [0.1, 0.15) is 16.7 Å². The maximum absolute atomic E-state index is 10.9. The van der Waals surface area contributed by atoms with E-state index in [0.717, 1.165) is 11.1 Å². The van der Waals surface area contributed by atoms with E-state index in [0.29, 0.717) is 5.56 Å². The quantitative estimate of drug-likeness (QED) is 0.548. The van der Waals surface area contributed by atoms with Crippen LogP contribution in [0, 0.1) is 20.8 Å². The standard InChI is InChI=1S/C9H13NO3S/c1-5-4-8(14(11,12)13)9(10)7(3)6(5)2/h4H,10H2,1-3H3,(H,11,12,13). The largest absolute Gasteiger partial charge is 0.397 e. The third-order valence-electron chi connectivity index (χ3n) is 2.45. The van der Waals surface area contributed by atoms with E-state index in [1.807, 2.05) is 6.92 Å². The molecule has 3 N–H and O–H groups in total. The molecule has 0 bridgehead atoms. The second-order valence-electron chi connectivity index (χ2n) is 3.33. The molecule has 1 aromatic rings. The minimum absolute atomic E-state index is 0.121. The van der Waals surface area contributed by atoms with Crippen LogP contribution in [0.2, 0.25) is 0 Å². The summed E-state index contributed by atoms with van der Waals surface area (Å²) in [5.74, 6) is 0. The highest BCUT2D eigenvalue weighted by Gasteiger charge is 2.17. The SMILES string of the molecule is Cc1cc(S(=O)(=O)O)c(N)c(C)c1C. The van der Waals surface area contributed by atoms with Gasteiger partial charge in [-0.3, -0.25) is 4.55 Å². The minimum Gasteiger partial charge on any atom is -0.397 e. The number of benzene rings is 1. The van der Waals surface area contributed by atoms with Crippen molar-refractivity contribution in [2.45, 2.75) is 25.7 Å². The van der Waals surface area contributed by atoms with Crippen molar-refractivity contribution in [1.82, 2.24) is 0 Å². The molecule has 0 unspecified atom stereocenters. The molecule has 0 spiro atoms. The molecule has 0 atom stereocenters. The molecule has 0 heterocycles. The van der Waals surface area contributed by atoms with Crippen molar-refractivity contribution in [3.63, 3.8) is 0 Å². The normalized spacial score (nSPS) is 11.7. The maximum atomic E-state index is 10.9. The van der Waals surface area contributed by atoms with E-state index in [4.69, 9.17) is 10.3 Å². The van der Waals surface area contributed by atoms with Crippen LogP contribution < -0.4 is 5.73 Å². The van der Waals surface area contributed by atoms with Crippen LogP contribution in [0.3, 0.4) is 0 Å². The highest BCUT2D eigenvalue weighted by Crippen LogP contribution is 2.27. The fraction of sp³-hybridized carbons (Fsp3) is 0.333. The van der Waals surface area contributed by atoms with Crippen molar-refractivity contribution in [3.8, 4) is 0 Å². The van der Waals surface area contributed by atoms with Crippen LogP contribution in [0.25, 0.3) is 0 Å². The number of nitrogens with two attached hydrogens (primary N) is 1. The van der Waals surface area contributed by atoms with Crippen molar-refractivity contribution in [2.24, 2.45) is 0 Å². The molecule has 0 saturated carbocycles. The average molecular weight is 215 g/mol. The van der Waals surface area contributed by atoms with E-state index in [1.165, 1.54) is 6.07 Å². The summed E-state index contributed by atoms with van der Waals surface area (Å²) in [6.45, 7) is 5.36. The molecule has 0 amide bonds. The van der Waals surface area contributed by atoms with Crippen molar-refractivity contribution in [1.29, 1.82) is 0 Å². The van der Waals surface area contributed by atoms with Gasteiger partial charge in [-0.25, -0.2) is 0 Å². The van der Waals surface area contributed by atoms with Gasteiger partial charge in [0.2, 0.25) is 0 Å². The number of hydrogen-bond acceptors (Lipinski definition) is 3. The zero-order chi connectivity index (χ0) is 11.1. The first-order valence-electron chi connectivity index (χ1n) is 4.09. The van der Waals surface area contributed by atoms with Crippen molar-refractivity contribution in [2.75, 3.05) is 5.73 Å². The van der Waals surface area contributed by atoms with E-state index in [-0.39, 0.29) is 10.6 Å². The smallest absolute Gasteiger partial charge is 0.296 e. The lowest BCUT2D eigenvalue weighted by atomic mass is 10.0. The minimum atomic E-state index is -4.22. The summed E-state index contributed by atoms with van der Waals surface area (Å²) in [5.41, 5.74) is 8.15.